The zero-order chi connectivity index (χ0) is 18.7. The average molecular weight is 360 g/mol. The number of nitro benzene ring substituents is 1. The van der Waals surface area contributed by atoms with Crippen molar-refractivity contribution in [2.75, 3.05) is 11.4 Å². The normalized spacial score (nSPS) is 25.8. The van der Waals surface area contributed by atoms with Gasteiger partial charge in [-0.15, -0.1) is 0 Å². The van der Waals surface area contributed by atoms with Crippen LogP contribution in [0.5, 0.6) is 0 Å². The van der Waals surface area contributed by atoms with Crippen LogP contribution in [0.4, 0.5) is 11.4 Å². The quantitative estimate of drug-likeness (QED) is 0.328. The fourth-order valence-electron chi connectivity index (χ4n) is 4.41. The molecule has 8 heteroatoms. The van der Waals surface area contributed by atoms with Gasteiger partial charge in [0.15, 0.2) is 5.41 Å². The van der Waals surface area contributed by atoms with Crippen LogP contribution in [0.3, 0.4) is 0 Å². The molecule has 3 aliphatic heterocycles. The topological polar surface area (TPSA) is 99.0 Å². The van der Waals surface area contributed by atoms with Gasteiger partial charge in [-0.1, -0.05) is 0 Å². The smallest absolute Gasteiger partial charge is 0.329 e. The van der Waals surface area contributed by atoms with E-state index in [9.17, 15) is 19.7 Å². The molecule has 3 aliphatic rings. The van der Waals surface area contributed by atoms with Crippen molar-refractivity contribution in [2.45, 2.75) is 51.4 Å². The number of carbonyl (C=O) groups is 2. The number of esters is 2. The third kappa shape index (κ3) is 2.28. The van der Waals surface area contributed by atoms with E-state index in [1.165, 1.54) is 26.0 Å². The molecule has 1 atom stereocenters. The summed E-state index contributed by atoms with van der Waals surface area (Å²) >= 11 is 0. The van der Waals surface area contributed by atoms with E-state index in [4.69, 9.17) is 9.47 Å². The van der Waals surface area contributed by atoms with Gasteiger partial charge in [0.05, 0.1) is 11.0 Å². The van der Waals surface area contributed by atoms with Gasteiger partial charge in [-0.25, -0.2) is 0 Å². The van der Waals surface area contributed by atoms with Gasteiger partial charge in [-0.3, -0.25) is 19.7 Å². The molecule has 3 heterocycles. The molecular formula is C18H20N2O6. The third-order valence-corrected chi connectivity index (χ3v) is 5.53. The minimum Gasteiger partial charge on any atom is -0.422 e. The summed E-state index contributed by atoms with van der Waals surface area (Å²) in [5, 5.41) is 11.2. The van der Waals surface area contributed by atoms with E-state index in [1.54, 1.807) is 6.07 Å². The molecule has 2 saturated heterocycles. The van der Waals surface area contributed by atoms with Crippen molar-refractivity contribution in [3.63, 3.8) is 0 Å². The molecule has 0 saturated carbocycles. The van der Waals surface area contributed by atoms with Gasteiger partial charge in [0.25, 0.3) is 11.5 Å². The molecule has 138 valence electrons. The summed E-state index contributed by atoms with van der Waals surface area (Å²) in [5.74, 6) is -2.51. The van der Waals surface area contributed by atoms with Crippen molar-refractivity contribution in [2.24, 2.45) is 5.41 Å². The molecule has 0 aliphatic carbocycles. The maximum absolute atomic E-state index is 13.0. The van der Waals surface area contributed by atoms with Crippen molar-refractivity contribution in [3.05, 3.63) is 33.9 Å². The maximum Gasteiger partial charge on any atom is 0.329 e. The molecule has 2 fully saturated rings. The van der Waals surface area contributed by atoms with Crippen molar-refractivity contribution < 1.29 is 24.0 Å². The van der Waals surface area contributed by atoms with Crippen LogP contribution in [0.25, 0.3) is 0 Å². The summed E-state index contributed by atoms with van der Waals surface area (Å²) < 4.78 is 10.9. The molecule has 0 aromatic heterocycles. The van der Waals surface area contributed by atoms with E-state index >= 15 is 0 Å². The largest absolute Gasteiger partial charge is 0.422 e. The average Bonchev–Trinajstić information content (AvgIpc) is 2.58. The first-order valence-corrected chi connectivity index (χ1v) is 8.75. The van der Waals surface area contributed by atoms with E-state index < -0.39 is 28.1 Å². The van der Waals surface area contributed by atoms with E-state index in [2.05, 4.69) is 0 Å². The summed E-state index contributed by atoms with van der Waals surface area (Å²) in [6.07, 6.45) is 2.55. The fourth-order valence-corrected chi connectivity index (χ4v) is 4.41. The van der Waals surface area contributed by atoms with Crippen molar-refractivity contribution in [3.8, 4) is 0 Å². The van der Waals surface area contributed by atoms with Crippen LogP contribution in [-0.4, -0.2) is 35.2 Å². The van der Waals surface area contributed by atoms with E-state index in [-0.39, 0.29) is 18.2 Å². The van der Waals surface area contributed by atoms with Crippen molar-refractivity contribution >= 4 is 23.3 Å². The van der Waals surface area contributed by atoms with Gasteiger partial charge in [-0.2, -0.15) is 0 Å². The van der Waals surface area contributed by atoms with Gasteiger partial charge in [-0.05, 0) is 30.9 Å². The standard InChI is InChI=1S/C18H20N2O6/c1-17(2)25-15(21)18(16(22)26-17)10-11-9-12(20(23)24)6-7-13(11)19-8-4-3-5-14(18)19/h6-7,9,14H,3-5,8,10H2,1-2H3/t14-/m1/s1. The number of non-ortho nitro benzene ring substituents is 1. The highest BCUT2D eigenvalue weighted by Gasteiger charge is 2.64. The molecule has 1 spiro atoms. The number of nitro groups is 1. The Morgan fingerprint density at radius 2 is 1.88 bits per heavy atom. The van der Waals surface area contributed by atoms with Gasteiger partial charge in [0.1, 0.15) is 0 Å². The van der Waals surface area contributed by atoms with Crippen LogP contribution < -0.4 is 4.90 Å². The Kier molecular flexibility index (Phi) is 3.51. The molecule has 1 aromatic rings. The molecule has 0 bridgehead atoms. The Labute approximate surface area is 150 Å². The van der Waals surface area contributed by atoms with Crippen LogP contribution in [0.15, 0.2) is 18.2 Å². The first-order valence-electron chi connectivity index (χ1n) is 8.75. The summed E-state index contributed by atoms with van der Waals surface area (Å²) in [6, 6.07) is 4.26. The number of hydrogen-bond donors (Lipinski definition) is 0. The Morgan fingerprint density at radius 1 is 1.19 bits per heavy atom. The van der Waals surface area contributed by atoms with Crippen molar-refractivity contribution in [1.29, 1.82) is 0 Å². The van der Waals surface area contributed by atoms with E-state index in [0.29, 0.717) is 18.5 Å². The number of piperidine rings is 1. The number of hydrogen-bond acceptors (Lipinski definition) is 7. The lowest BCUT2D eigenvalue weighted by Gasteiger charge is -2.53. The number of fused-ring (bicyclic) bond motifs is 4. The monoisotopic (exact) mass is 360 g/mol. The maximum atomic E-state index is 13.0. The van der Waals surface area contributed by atoms with Crippen LogP contribution in [-0.2, 0) is 25.5 Å². The predicted molar refractivity (Wildman–Crippen MR) is 90.5 cm³/mol. The summed E-state index contributed by atoms with van der Waals surface area (Å²) in [5.41, 5.74) is -0.0902. The van der Waals surface area contributed by atoms with Crippen LogP contribution in [0.1, 0.15) is 38.7 Å². The Morgan fingerprint density at radius 3 is 2.54 bits per heavy atom. The molecule has 0 amide bonds. The molecule has 4 rings (SSSR count). The minimum atomic E-state index is -1.47. The first kappa shape index (κ1) is 16.8. The number of cyclic esters (lactones) is 2. The number of ether oxygens (including phenoxy) is 2. The molecule has 8 nitrogen and oxygen atoms in total. The van der Waals surface area contributed by atoms with Crippen molar-refractivity contribution in [1.82, 2.24) is 0 Å². The van der Waals surface area contributed by atoms with Gasteiger partial charge in [0, 0.05) is 44.6 Å². The molecule has 0 N–H and O–H groups in total. The second-order valence-electron chi connectivity index (χ2n) is 7.60. The summed E-state index contributed by atoms with van der Waals surface area (Å²) in [4.78, 5) is 38.7. The molecule has 1 aromatic carbocycles. The van der Waals surface area contributed by atoms with Gasteiger partial charge in [0.2, 0.25) is 0 Å². The molecular weight excluding hydrogens is 340 g/mol. The van der Waals surface area contributed by atoms with E-state index in [1.807, 2.05) is 4.90 Å². The van der Waals surface area contributed by atoms with Crippen LogP contribution in [0, 0.1) is 15.5 Å². The second-order valence-corrected chi connectivity index (χ2v) is 7.60. The highest BCUT2D eigenvalue weighted by Crippen LogP contribution is 2.49. The minimum absolute atomic E-state index is 0.0545. The number of carbonyl (C=O) groups excluding carboxylic acids is 2. The summed E-state index contributed by atoms with van der Waals surface area (Å²) in [6.45, 7) is 3.73. The van der Waals surface area contributed by atoms with Gasteiger partial charge < -0.3 is 14.4 Å². The van der Waals surface area contributed by atoms with Gasteiger partial charge >= 0.3 is 11.9 Å². The Bertz CT molecular complexity index is 798. The lowest BCUT2D eigenvalue weighted by molar-refractivity contribution is -0.384. The van der Waals surface area contributed by atoms with Crippen LogP contribution >= 0.6 is 0 Å². The lowest BCUT2D eigenvalue weighted by Crippen LogP contribution is -2.66. The second kappa shape index (κ2) is 5.43. The predicted octanol–water partition coefficient (Wildman–Crippen LogP) is 2.33. The SMILES string of the molecule is CC1(C)OC(=O)C2(Cc3cc([N+](=O)[O-])ccc3N3CCCC[C@@H]32)C(=O)O1. The van der Waals surface area contributed by atoms with Crippen LogP contribution in [0.2, 0.25) is 0 Å². The zero-order valence-corrected chi connectivity index (χ0v) is 14.7. The van der Waals surface area contributed by atoms with E-state index in [0.717, 1.165) is 18.5 Å². The number of benzene rings is 1. The Balaban J connectivity index is 1.86. The highest BCUT2D eigenvalue weighted by molar-refractivity contribution is 6.04. The molecule has 26 heavy (non-hydrogen) atoms. The Hall–Kier alpha value is -2.64. The highest BCUT2D eigenvalue weighted by atomic mass is 16.7. The molecule has 0 unspecified atom stereocenters. The number of rotatable bonds is 1. The number of anilines is 1. The first-order chi connectivity index (χ1) is 12.2. The molecule has 0 radical (unpaired) electrons. The number of nitrogens with zero attached hydrogens (tertiary/aromatic N) is 2. The fraction of sp³-hybridized carbons (Fsp3) is 0.556. The zero-order valence-electron chi connectivity index (χ0n) is 14.7. The summed E-state index contributed by atoms with van der Waals surface area (Å²) in [7, 11) is 0. The lowest BCUT2D eigenvalue weighted by atomic mass is 9.68. The third-order valence-electron chi connectivity index (χ3n) is 5.53.